The lowest BCUT2D eigenvalue weighted by Crippen LogP contribution is -1.99. The highest BCUT2D eigenvalue weighted by atomic mass is 35.5. The van der Waals surface area contributed by atoms with Crippen molar-refractivity contribution in [3.8, 4) is 5.75 Å². The summed E-state index contributed by atoms with van der Waals surface area (Å²) in [4.78, 5) is 3.98. The number of nitrogen functional groups attached to an aromatic ring is 1. The number of halogens is 2. The molecular weight excluding hydrogens is 271 g/mol. The molecule has 0 radical (unpaired) electrons. The van der Waals surface area contributed by atoms with Crippen LogP contribution in [0.1, 0.15) is 11.3 Å². The smallest absolute Gasteiger partial charge is 0.221 e. The van der Waals surface area contributed by atoms with E-state index < -0.39 is 5.82 Å². The lowest BCUT2D eigenvalue weighted by molar-refractivity contribution is 0.386. The Morgan fingerprint density at radius 2 is 2.26 bits per heavy atom. The molecule has 0 spiro atoms. The standard InChI is InChI=1S/C12H12ClFN4O/c1-7-6-18(12(15)17-7)16-5-8-3-4-9(13)11(19-2)10(8)14/h3-6H,1-2H3,(H2,15,17). The quantitative estimate of drug-likeness (QED) is 0.880. The van der Waals surface area contributed by atoms with Crippen molar-refractivity contribution in [2.24, 2.45) is 5.10 Å². The van der Waals surface area contributed by atoms with Gasteiger partial charge in [-0.3, -0.25) is 0 Å². The van der Waals surface area contributed by atoms with Crippen LogP contribution in [0.3, 0.4) is 0 Å². The van der Waals surface area contributed by atoms with E-state index in [4.69, 9.17) is 22.1 Å². The molecule has 0 saturated carbocycles. The van der Waals surface area contributed by atoms with Gasteiger partial charge in [-0.05, 0) is 19.1 Å². The highest BCUT2D eigenvalue weighted by molar-refractivity contribution is 6.32. The molecule has 2 rings (SSSR count). The molecule has 100 valence electrons. The lowest BCUT2D eigenvalue weighted by Gasteiger charge is -2.06. The minimum Gasteiger partial charge on any atom is -0.492 e. The predicted molar refractivity (Wildman–Crippen MR) is 72.3 cm³/mol. The van der Waals surface area contributed by atoms with E-state index in [9.17, 15) is 4.39 Å². The summed E-state index contributed by atoms with van der Waals surface area (Å²) < 4.78 is 20.2. The minimum absolute atomic E-state index is 0.0135. The number of rotatable bonds is 3. The fourth-order valence-electron chi connectivity index (χ4n) is 1.56. The number of hydrogen-bond donors (Lipinski definition) is 1. The van der Waals surface area contributed by atoms with Crippen LogP contribution in [0, 0.1) is 12.7 Å². The van der Waals surface area contributed by atoms with Crippen molar-refractivity contribution >= 4 is 23.8 Å². The molecule has 2 aromatic rings. The summed E-state index contributed by atoms with van der Waals surface area (Å²) in [6.45, 7) is 1.79. The van der Waals surface area contributed by atoms with E-state index in [1.807, 2.05) is 0 Å². The Labute approximate surface area is 114 Å². The van der Waals surface area contributed by atoms with Gasteiger partial charge in [0.05, 0.1) is 30.2 Å². The van der Waals surface area contributed by atoms with Crippen LogP contribution >= 0.6 is 11.6 Å². The predicted octanol–water partition coefficient (Wildman–Crippen LogP) is 2.46. The molecule has 1 heterocycles. The molecule has 0 bridgehead atoms. The van der Waals surface area contributed by atoms with Gasteiger partial charge in [-0.25, -0.2) is 14.1 Å². The van der Waals surface area contributed by atoms with Crippen molar-refractivity contribution in [1.82, 2.24) is 9.66 Å². The molecule has 0 fully saturated rings. The molecule has 1 aromatic heterocycles. The van der Waals surface area contributed by atoms with Gasteiger partial charge >= 0.3 is 0 Å². The van der Waals surface area contributed by atoms with E-state index in [1.165, 1.54) is 30.1 Å². The Kier molecular flexibility index (Phi) is 3.71. The normalized spacial score (nSPS) is 11.2. The molecule has 2 N–H and O–H groups in total. The second-order valence-electron chi connectivity index (χ2n) is 3.81. The number of nitrogens with zero attached hydrogens (tertiary/aromatic N) is 3. The third-order valence-electron chi connectivity index (χ3n) is 2.44. The number of anilines is 1. The van der Waals surface area contributed by atoms with Gasteiger partial charge in [0.1, 0.15) is 0 Å². The molecule has 0 amide bonds. The average Bonchev–Trinajstić information content (AvgIpc) is 2.67. The van der Waals surface area contributed by atoms with E-state index in [0.29, 0.717) is 0 Å². The zero-order valence-electron chi connectivity index (χ0n) is 10.4. The molecule has 1 aromatic carbocycles. The van der Waals surface area contributed by atoms with Crippen LogP contribution in [-0.4, -0.2) is 23.0 Å². The third kappa shape index (κ3) is 2.68. The summed E-state index contributed by atoms with van der Waals surface area (Å²) in [5.74, 6) is -0.357. The van der Waals surface area contributed by atoms with Gasteiger partial charge in [-0.15, -0.1) is 0 Å². The number of aromatic nitrogens is 2. The SMILES string of the molecule is COc1c(Cl)ccc(C=Nn2cc(C)nc2N)c1F. The summed E-state index contributed by atoms with van der Waals surface area (Å²) in [6, 6.07) is 3.04. The molecule has 0 aliphatic carbocycles. The molecule has 5 nitrogen and oxygen atoms in total. The maximum atomic E-state index is 14.0. The number of ether oxygens (including phenoxy) is 1. The Morgan fingerprint density at radius 1 is 1.53 bits per heavy atom. The monoisotopic (exact) mass is 282 g/mol. The molecule has 0 saturated heterocycles. The Bertz CT molecular complexity index is 639. The summed E-state index contributed by atoms with van der Waals surface area (Å²) in [6.07, 6.45) is 2.96. The van der Waals surface area contributed by atoms with Crippen molar-refractivity contribution in [2.45, 2.75) is 6.92 Å². The highest BCUT2D eigenvalue weighted by Crippen LogP contribution is 2.28. The number of imidazole rings is 1. The van der Waals surface area contributed by atoms with E-state index in [-0.39, 0.29) is 22.3 Å². The van der Waals surface area contributed by atoms with Gasteiger partial charge < -0.3 is 10.5 Å². The van der Waals surface area contributed by atoms with Gasteiger partial charge in [0, 0.05) is 5.56 Å². The molecule has 7 heteroatoms. The molecule has 0 aliphatic rings. The van der Waals surface area contributed by atoms with Gasteiger partial charge in [0.25, 0.3) is 0 Å². The van der Waals surface area contributed by atoms with Crippen LogP contribution < -0.4 is 10.5 Å². The number of hydrogen-bond acceptors (Lipinski definition) is 4. The summed E-state index contributed by atoms with van der Waals surface area (Å²) in [7, 11) is 1.35. The molecule has 0 aliphatic heterocycles. The topological polar surface area (TPSA) is 65.4 Å². The molecular formula is C12H12ClFN4O. The Morgan fingerprint density at radius 3 is 2.84 bits per heavy atom. The number of methoxy groups -OCH3 is 1. The van der Waals surface area contributed by atoms with Crippen LogP contribution in [0.4, 0.5) is 10.3 Å². The second-order valence-corrected chi connectivity index (χ2v) is 4.22. The first-order chi connectivity index (χ1) is 9.02. The summed E-state index contributed by atoms with van der Waals surface area (Å²) in [5, 5.41) is 4.23. The van der Waals surface area contributed by atoms with E-state index in [0.717, 1.165) is 5.69 Å². The average molecular weight is 283 g/mol. The highest BCUT2D eigenvalue weighted by Gasteiger charge is 2.11. The minimum atomic E-state index is -0.575. The molecule has 0 atom stereocenters. The Hall–Kier alpha value is -2.08. The number of benzene rings is 1. The maximum absolute atomic E-state index is 14.0. The van der Waals surface area contributed by atoms with Gasteiger partial charge in [0.15, 0.2) is 11.6 Å². The van der Waals surface area contributed by atoms with Crippen molar-refractivity contribution in [3.63, 3.8) is 0 Å². The van der Waals surface area contributed by atoms with Crippen LogP contribution in [0.25, 0.3) is 0 Å². The van der Waals surface area contributed by atoms with Crippen molar-refractivity contribution in [1.29, 1.82) is 0 Å². The summed E-state index contributed by atoms with van der Waals surface area (Å²) in [5.41, 5.74) is 6.59. The van der Waals surface area contributed by atoms with Crippen molar-refractivity contribution in [2.75, 3.05) is 12.8 Å². The fourth-order valence-corrected chi connectivity index (χ4v) is 1.78. The van der Waals surface area contributed by atoms with Crippen LogP contribution in [0.5, 0.6) is 5.75 Å². The van der Waals surface area contributed by atoms with Crippen LogP contribution in [-0.2, 0) is 0 Å². The first kappa shape index (κ1) is 13.4. The van der Waals surface area contributed by atoms with Crippen LogP contribution in [0.15, 0.2) is 23.4 Å². The summed E-state index contributed by atoms with van der Waals surface area (Å²) >= 11 is 5.80. The fraction of sp³-hybridized carbons (Fsp3) is 0.167. The zero-order valence-corrected chi connectivity index (χ0v) is 11.1. The third-order valence-corrected chi connectivity index (χ3v) is 2.74. The van der Waals surface area contributed by atoms with Crippen LogP contribution in [0.2, 0.25) is 5.02 Å². The molecule has 0 unspecified atom stereocenters. The van der Waals surface area contributed by atoms with Crippen molar-refractivity contribution < 1.29 is 9.13 Å². The number of nitrogens with two attached hydrogens (primary N) is 1. The second kappa shape index (κ2) is 5.27. The van der Waals surface area contributed by atoms with Gasteiger partial charge in [-0.2, -0.15) is 5.10 Å². The first-order valence-electron chi connectivity index (χ1n) is 5.40. The van der Waals surface area contributed by atoms with Crippen molar-refractivity contribution in [3.05, 3.63) is 40.4 Å². The maximum Gasteiger partial charge on any atom is 0.221 e. The Balaban J connectivity index is 2.36. The first-order valence-corrected chi connectivity index (χ1v) is 5.78. The molecule has 19 heavy (non-hydrogen) atoms. The van der Waals surface area contributed by atoms with E-state index >= 15 is 0 Å². The van der Waals surface area contributed by atoms with Gasteiger partial charge in [0.2, 0.25) is 5.95 Å². The zero-order chi connectivity index (χ0) is 14.0. The lowest BCUT2D eigenvalue weighted by atomic mass is 10.2. The number of aryl methyl sites for hydroxylation is 1. The largest absolute Gasteiger partial charge is 0.492 e. The van der Waals surface area contributed by atoms with E-state index in [1.54, 1.807) is 13.1 Å². The van der Waals surface area contributed by atoms with Gasteiger partial charge in [-0.1, -0.05) is 11.6 Å². The van der Waals surface area contributed by atoms with E-state index in [2.05, 4.69) is 10.1 Å².